The average molecular weight is 242 g/mol. The van der Waals surface area contributed by atoms with E-state index in [1.54, 1.807) is 0 Å². The van der Waals surface area contributed by atoms with Crippen LogP contribution in [0, 0.1) is 5.92 Å². The molecule has 3 N–H and O–H groups in total. The molecule has 1 rings (SSSR count). The van der Waals surface area contributed by atoms with Gasteiger partial charge in [0.15, 0.2) is 0 Å². The van der Waals surface area contributed by atoms with Crippen LogP contribution in [0.5, 0.6) is 0 Å². The number of hydrogen-bond donors (Lipinski definition) is 3. The molecule has 1 fully saturated rings. The van der Waals surface area contributed by atoms with Crippen LogP contribution in [-0.4, -0.2) is 35.7 Å². The van der Waals surface area contributed by atoms with E-state index in [-0.39, 0.29) is 11.8 Å². The monoisotopic (exact) mass is 242 g/mol. The maximum Gasteiger partial charge on any atom is 0.240 e. The zero-order valence-corrected chi connectivity index (χ0v) is 11.3. The van der Waals surface area contributed by atoms with E-state index >= 15 is 0 Å². The van der Waals surface area contributed by atoms with Crippen LogP contribution >= 0.6 is 0 Å². The van der Waals surface area contributed by atoms with Gasteiger partial charge in [-0.15, -0.1) is 0 Å². The molecule has 2 unspecified atom stereocenters. The maximum atomic E-state index is 12.0. The van der Waals surface area contributed by atoms with E-state index in [0.717, 1.165) is 32.2 Å². The third kappa shape index (κ3) is 3.68. The van der Waals surface area contributed by atoms with Crippen LogP contribution < -0.4 is 10.6 Å². The molecule has 0 bridgehead atoms. The minimum Gasteiger partial charge on any atom is -0.391 e. The summed E-state index contributed by atoms with van der Waals surface area (Å²) < 4.78 is 0. The molecule has 0 aromatic rings. The minimum absolute atomic E-state index is 0.0139. The van der Waals surface area contributed by atoms with Crippen molar-refractivity contribution >= 4 is 5.91 Å². The molecule has 1 saturated heterocycles. The summed E-state index contributed by atoms with van der Waals surface area (Å²) in [6.45, 7) is 7.33. The molecule has 0 radical (unpaired) electrons. The average Bonchev–Trinajstić information content (AvgIpc) is 2.76. The van der Waals surface area contributed by atoms with Gasteiger partial charge < -0.3 is 15.7 Å². The highest BCUT2D eigenvalue weighted by Gasteiger charge is 2.35. The largest absolute Gasteiger partial charge is 0.391 e. The van der Waals surface area contributed by atoms with Crippen molar-refractivity contribution < 1.29 is 9.90 Å². The van der Waals surface area contributed by atoms with Crippen molar-refractivity contribution in [1.29, 1.82) is 0 Å². The second-order valence-electron chi connectivity index (χ2n) is 5.22. The molecule has 0 saturated carbocycles. The molecule has 100 valence electrons. The van der Waals surface area contributed by atoms with Gasteiger partial charge in [-0.25, -0.2) is 0 Å². The maximum absolute atomic E-state index is 12.0. The molecule has 0 spiro atoms. The Kier molecular flexibility index (Phi) is 5.40. The Hall–Kier alpha value is -0.610. The molecule has 0 aromatic carbocycles. The Morgan fingerprint density at radius 1 is 1.47 bits per heavy atom. The van der Waals surface area contributed by atoms with E-state index in [4.69, 9.17) is 0 Å². The standard InChI is InChI=1S/C13H26N2O2/c1-4-10(5-2)11(16)9-14-12(17)13(3)7-6-8-15-13/h10-11,15-16H,4-9H2,1-3H3,(H,14,17). The number of carbonyl (C=O) groups is 1. The minimum atomic E-state index is -0.437. The number of rotatable bonds is 6. The summed E-state index contributed by atoms with van der Waals surface area (Å²) in [5, 5.41) is 16.0. The van der Waals surface area contributed by atoms with Crippen molar-refractivity contribution in [2.75, 3.05) is 13.1 Å². The summed E-state index contributed by atoms with van der Waals surface area (Å²) in [5.74, 6) is 0.291. The topological polar surface area (TPSA) is 61.4 Å². The highest BCUT2D eigenvalue weighted by Crippen LogP contribution is 2.18. The van der Waals surface area contributed by atoms with Gasteiger partial charge in [0.2, 0.25) is 5.91 Å². The summed E-state index contributed by atoms with van der Waals surface area (Å²) in [6, 6.07) is 0. The summed E-state index contributed by atoms with van der Waals surface area (Å²) in [5.41, 5.74) is -0.437. The normalized spacial score (nSPS) is 26.2. The highest BCUT2D eigenvalue weighted by molar-refractivity contribution is 5.86. The van der Waals surface area contributed by atoms with Crippen molar-refractivity contribution in [3.05, 3.63) is 0 Å². The number of aliphatic hydroxyl groups is 1. The lowest BCUT2D eigenvalue weighted by molar-refractivity contribution is -0.127. The van der Waals surface area contributed by atoms with Crippen LogP contribution in [-0.2, 0) is 4.79 Å². The second-order valence-corrected chi connectivity index (χ2v) is 5.22. The predicted octanol–water partition coefficient (Wildman–Crippen LogP) is 1.04. The Bertz CT molecular complexity index is 246. The van der Waals surface area contributed by atoms with Gasteiger partial charge in [-0.1, -0.05) is 26.7 Å². The predicted molar refractivity (Wildman–Crippen MR) is 68.7 cm³/mol. The Balaban J connectivity index is 2.37. The molecule has 4 heteroatoms. The first-order chi connectivity index (χ1) is 8.03. The van der Waals surface area contributed by atoms with Crippen molar-refractivity contribution in [2.45, 2.75) is 58.1 Å². The Morgan fingerprint density at radius 3 is 2.59 bits per heavy atom. The quantitative estimate of drug-likeness (QED) is 0.652. The van der Waals surface area contributed by atoms with E-state index in [0.29, 0.717) is 6.54 Å². The molecule has 4 nitrogen and oxygen atoms in total. The summed E-state index contributed by atoms with van der Waals surface area (Å²) in [4.78, 5) is 12.0. The molecular formula is C13H26N2O2. The smallest absolute Gasteiger partial charge is 0.240 e. The lowest BCUT2D eigenvalue weighted by atomic mass is 9.95. The van der Waals surface area contributed by atoms with E-state index in [1.165, 1.54) is 0 Å². The van der Waals surface area contributed by atoms with Crippen LogP contribution in [0.15, 0.2) is 0 Å². The van der Waals surface area contributed by atoms with Gasteiger partial charge in [0.25, 0.3) is 0 Å². The number of carbonyl (C=O) groups excluding carboxylic acids is 1. The van der Waals surface area contributed by atoms with E-state index in [2.05, 4.69) is 24.5 Å². The van der Waals surface area contributed by atoms with Crippen LogP contribution in [0.2, 0.25) is 0 Å². The second kappa shape index (κ2) is 6.36. The molecule has 17 heavy (non-hydrogen) atoms. The summed E-state index contributed by atoms with van der Waals surface area (Å²) in [6.07, 6.45) is 3.38. The van der Waals surface area contributed by atoms with E-state index < -0.39 is 11.6 Å². The molecule has 1 amide bonds. The first-order valence-corrected chi connectivity index (χ1v) is 6.75. The van der Waals surface area contributed by atoms with Gasteiger partial charge in [0, 0.05) is 6.54 Å². The van der Waals surface area contributed by atoms with E-state index in [1.807, 2.05) is 6.92 Å². The molecule has 1 heterocycles. The Morgan fingerprint density at radius 2 is 2.12 bits per heavy atom. The van der Waals surface area contributed by atoms with Crippen LogP contribution in [0.25, 0.3) is 0 Å². The van der Waals surface area contributed by atoms with Crippen molar-refractivity contribution in [1.82, 2.24) is 10.6 Å². The molecule has 1 aliphatic heterocycles. The number of nitrogens with one attached hydrogen (secondary N) is 2. The van der Waals surface area contributed by atoms with Gasteiger partial charge in [-0.05, 0) is 32.2 Å². The molecule has 0 aromatic heterocycles. The fraction of sp³-hybridized carbons (Fsp3) is 0.923. The zero-order valence-electron chi connectivity index (χ0n) is 11.3. The first-order valence-electron chi connectivity index (χ1n) is 6.75. The van der Waals surface area contributed by atoms with Gasteiger partial charge in [-0.3, -0.25) is 4.79 Å². The lowest BCUT2D eigenvalue weighted by Crippen LogP contribution is -2.52. The van der Waals surface area contributed by atoms with Gasteiger partial charge in [-0.2, -0.15) is 0 Å². The van der Waals surface area contributed by atoms with Gasteiger partial charge in [0.05, 0.1) is 11.6 Å². The third-order valence-corrected chi connectivity index (χ3v) is 3.93. The number of amides is 1. The first kappa shape index (κ1) is 14.5. The summed E-state index contributed by atoms with van der Waals surface area (Å²) in [7, 11) is 0. The van der Waals surface area contributed by atoms with Gasteiger partial charge in [0.1, 0.15) is 0 Å². The van der Waals surface area contributed by atoms with Crippen LogP contribution in [0.4, 0.5) is 0 Å². The summed E-state index contributed by atoms with van der Waals surface area (Å²) >= 11 is 0. The SMILES string of the molecule is CCC(CC)C(O)CNC(=O)C1(C)CCCN1. The molecule has 0 aliphatic carbocycles. The molecule has 1 aliphatic rings. The molecule has 2 atom stereocenters. The lowest BCUT2D eigenvalue weighted by Gasteiger charge is -2.26. The van der Waals surface area contributed by atoms with Crippen molar-refractivity contribution in [3.63, 3.8) is 0 Å². The third-order valence-electron chi connectivity index (χ3n) is 3.93. The zero-order chi connectivity index (χ0) is 12.9. The van der Waals surface area contributed by atoms with Gasteiger partial charge >= 0.3 is 0 Å². The van der Waals surface area contributed by atoms with Crippen molar-refractivity contribution in [3.8, 4) is 0 Å². The number of hydrogen-bond acceptors (Lipinski definition) is 3. The molecular weight excluding hydrogens is 216 g/mol. The Labute approximate surface area is 104 Å². The fourth-order valence-electron chi connectivity index (χ4n) is 2.48. The van der Waals surface area contributed by atoms with Crippen LogP contribution in [0.3, 0.4) is 0 Å². The van der Waals surface area contributed by atoms with Crippen molar-refractivity contribution in [2.24, 2.45) is 5.92 Å². The highest BCUT2D eigenvalue weighted by atomic mass is 16.3. The fourth-order valence-corrected chi connectivity index (χ4v) is 2.48. The number of aliphatic hydroxyl groups excluding tert-OH is 1. The van der Waals surface area contributed by atoms with E-state index in [9.17, 15) is 9.90 Å². The van der Waals surface area contributed by atoms with Crippen LogP contribution in [0.1, 0.15) is 46.5 Å².